The van der Waals surface area contributed by atoms with Gasteiger partial charge in [0.1, 0.15) is 0 Å². The van der Waals surface area contributed by atoms with Gasteiger partial charge in [-0.1, -0.05) is 48.5 Å². The van der Waals surface area contributed by atoms with Crippen molar-refractivity contribution in [1.29, 1.82) is 0 Å². The van der Waals surface area contributed by atoms with Gasteiger partial charge in [0.2, 0.25) is 0 Å². The summed E-state index contributed by atoms with van der Waals surface area (Å²) in [6.45, 7) is 5.48. The van der Waals surface area contributed by atoms with E-state index in [-0.39, 0.29) is 45.9 Å². The van der Waals surface area contributed by atoms with Crippen LogP contribution in [0.2, 0.25) is 0 Å². The molecule has 48 heavy (non-hydrogen) atoms. The minimum atomic E-state index is -0.929. The molecule has 0 saturated heterocycles. The van der Waals surface area contributed by atoms with Crippen LogP contribution in [-0.4, -0.2) is 46.8 Å². The van der Waals surface area contributed by atoms with Crippen molar-refractivity contribution < 1.29 is 38.4 Å². The van der Waals surface area contributed by atoms with E-state index in [0.717, 1.165) is 0 Å². The van der Waals surface area contributed by atoms with Gasteiger partial charge in [-0.15, -0.1) is 0 Å². The number of benzene rings is 4. The molecule has 0 aliphatic heterocycles. The van der Waals surface area contributed by atoms with Crippen molar-refractivity contribution in [2.45, 2.75) is 27.7 Å². The molecule has 0 aliphatic rings. The Labute approximate surface area is 275 Å². The molecule has 4 N–H and O–H groups in total. The average molecular weight is 649 g/mol. The van der Waals surface area contributed by atoms with Crippen molar-refractivity contribution in [3.63, 3.8) is 0 Å². The predicted molar refractivity (Wildman–Crippen MR) is 180 cm³/mol. The van der Waals surface area contributed by atoms with Crippen LogP contribution in [-0.2, 0) is 19.2 Å². The summed E-state index contributed by atoms with van der Waals surface area (Å²) in [5, 5.41) is 9.62. The number of ketones is 4. The van der Waals surface area contributed by atoms with Gasteiger partial charge in [0.25, 0.3) is 0 Å². The van der Waals surface area contributed by atoms with Gasteiger partial charge in [-0.3, -0.25) is 38.4 Å². The van der Waals surface area contributed by atoms with Gasteiger partial charge in [0.05, 0.1) is 22.7 Å². The third-order valence-electron chi connectivity index (χ3n) is 6.63. The van der Waals surface area contributed by atoms with E-state index in [2.05, 4.69) is 21.3 Å². The first-order valence-corrected chi connectivity index (χ1v) is 14.4. The van der Waals surface area contributed by atoms with Crippen LogP contribution >= 0.6 is 0 Å². The highest BCUT2D eigenvalue weighted by Gasteiger charge is 2.20. The molecule has 12 nitrogen and oxygen atoms in total. The molecule has 0 spiro atoms. The Morgan fingerprint density at radius 3 is 0.646 bits per heavy atom. The zero-order valence-corrected chi connectivity index (χ0v) is 26.5. The van der Waals surface area contributed by atoms with Crippen molar-refractivity contribution in [3.8, 4) is 0 Å². The molecule has 4 aromatic carbocycles. The lowest BCUT2D eigenvalue weighted by Crippen LogP contribution is -2.30. The second-order valence-electron chi connectivity index (χ2n) is 10.2. The number of amides is 4. The SMILES string of the molecule is CC(=O)c1ccccc1NC(=O)C(=O)Nc1ccccc1C(C)=O.CC(=O)c1ccccc1NC(=O)C(=O)Nc1ccccc1C(C)=O. The van der Waals surface area contributed by atoms with E-state index in [4.69, 9.17) is 0 Å². The first kappa shape index (κ1) is 35.9. The summed E-state index contributed by atoms with van der Waals surface area (Å²) >= 11 is 0. The number of para-hydroxylation sites is 4. The van der Waals surface area contributed by atoms with Crippen LogP contribution in [0.4, 0.5) is 22.7 Å². The lowest BCUT2D eigenvalue weighted by atomic mass is 10.1. The molecule has 0 saturated carbocycles. The van der Waals surface area contributed by atoms with E-state index in [9.17, 15) is 38.4 Å². The van der Waals surface area contributed by atoms with E-state index < -0.39 is 23.6 Å². The Kier molecular flexibility index (Phi) is 12.5. The molecular formula is C36H32N4O8. The van der Waals surface area contributed by atoms with Gasteiger partial charge in [-0.05, 0) is 76.2 Å². The Hall–Kier alpha value is -6.56. The van der Waals surface area contributed by atoms with E-state index in [0.29, 0.717) is 22.3 Å². The molecule has 0 heterocycles. The van der Waals surface area contributed by atoms with E-state index in [1.54, 1.807) is 72.8 Å². The molecule has 4 aromatic rings. The van der Waals surface area contributed by atoms with Gasteiger partial charge in [-0.25, -0.2) is 0 Å². The lowest BCUT2D eigenvalue weighted by Gasteiger charge is -2.11. The fourth-order valence-corrected chi connectivity index (χ4v) is 4.31. The topological polar surface area (TPSA) is 185 Å². The Morgan fingerprint density at radius 1 is 0.312 bits per heavy atom. The average Bonchev–Trinajstić information content (AvgIpc) is 3.05. The molecule has 0 aliphatic carbocycles. The largest absolute Gasteiger partial charge is 0.317 e. The van der Waals surface area contributed by atoms with Gasteiger partial charge in [-0.2, -0.15) is 0 Å². The molecule has 0 fully saturated rings. The first-order valence-electron chi connectivity index (χ1n) is 14.4. The third kappa shape index (κ3) is 9.72. The monoisotopic (exact) mass is 648 g/mol. The second kappa shape index (κ2) is 16.7. The van der Waals surface area contributed by atoms with E-state index >= 15 is 0 Å². The van der Waals surface area contributed by atoms with Crippen molar-refractivity contribution in [2.75, 3.05) is 21.3 Å². The molecule has 4 rings (SSSR count). The quantitative estimate of drug-likeness (QED) is 0.146. The van der Waals surface area contributed by atoms with E-state index in [1.165, 1.54) is 52.0 Å². The maximum absolute atomic E-state index is 12.1. The number of rotatable bonds is 8. The number of nitrogens with one attached hydrogen (secondary N) is 4. The van der Waals surface area contributed by atoms with Crippen LogP contribution < -0.4 is 21.3 Å². The number of hydrogen-bond donors (Lipinski definition) is 4. The zero-order chi connectivity index (χ0) is 35.4. The van der Waals surface area contributed by atoms with Crippen LogP contribution in [0.5, 0.6) is 0 Å². The van der Waals surface area contributed by atoms with Crippen molar-refractivity contribution >= 4 is 69.5 Å². The van der Waals surface area contributed by atoms with Crippen LogP contribution in [0.15, 0.2) is 97.1 Å². The van der Waals surface area contributed by atoms with E-state index in [1.807, 2.05) is 0 Å². The highest BCUT2D eigenvalue weighted by Crippen LogP contribution is 2.19. The normalized spacial score (nSPS) is 9.92. The summed E-state index contributed by atoms with van der Waals surface area (Å²) in [5.41, 5.74) is 2.25. The maximum atomic E-state index is 12.1. The highest BCUT2D eigenvalue weighted by molar-refractivity contribution is 6.44. The molecule has 4 amide bonds. The lowest BCUT2D eigenvalue weighted by molar-refractivity contribution is -0.133. The summed E-state index contributed by atoms with van der Waals surface area (Å²) in [6.07, 6.45) is 0. The van der Waals surface area contributed by atoms with Crippen molar-refractivity contribution in [2.24, 2.45) is 0 Å². The second-order valence-corrected chi connectivity index (χ2v) is 10.2. The minimum absolute atomic E-state index is 0.228. The first-order chi connectivity index (χ1) is 22.8. The van der Waals surface area contributed by atoms with Gasteiger partial charge in [0.15, 0.2) is 23.1 Å². The standard InChI is InChI=1S/2C18H16N2O4/c2*1-11(21)13-7-3-5-9-15(13)19-17(23)18(24)20-16-10-6-4-8-14(16)12(2)22/h2*3-10H,1-2H3,(H,19,23)(H,20,24). The van der Waals surface area contributed by atoms with Gasteiger partial charge >= 0.3 is 23.6 Å². The zero-order valence-electron chi connectivity index (χ0n) is 26.5. The smallest absolute Gasteiger partial charge is 0.314 e. The van der Waals surface area contributed by atoms with Crippen LogP contribution in [0.3, 0.4) is 0 Å². The van der Waals surface area contributed by atoms with Gasteiger partial charge in [0, 0.05) is 22.3 Å². The van der Waals surface area contributed by atoms with Gasteiger partial charge < -0.3 is 21.3 Å². The summed E-state index contributed by atoms with van der Waals surface area (Å²) < 4.78 is 0. The molecule has 244 valence electrons. The molecule has 0 aromatic heterocycles. The number of carbonyl (C=O) groups excluding carboxylic acids is 8. The molecule has 0 bridgehead atoms. The number of hydrogen-bond acceptors (Lipinski definition) is 8. The third-order valence-corrected chi connectivity index (χ3v) is 6.63. The van der Waals surface area contributed by atoms with Crippen molar-refractivity contribution in [3.05, 3.63) is 119 Å². The summed E-state index contributed by atoms with van der Waals surface area (Å²) in [6, 6.07) is 25.6. The van der Waals surface area contributed by atoms with Crippen molar-refractivity contribution in [1.82, 2.24) is 0 Å². The fourth-order valence-electron chi connectivity index (χ4n) is 4.31. The fraction of sp³-hybridized carbons (Fsp3) is 0.111. The summed E-state index contributed by atoms with van der Waals surface area (Å²) in [7, 11) is 0. The molecule has 12 heteroatoms. The minimum Gasteiger partial charge on any atom is -0.317 e. The highest BCUT2D eigenvalue weighted by atomic mass is 16.2. The predicted octanol–water partition coefficient (Wildman–Crippen LogP) is 5.34. The Morgan fingerprint density at radius 2 is 0.479 bits per heavy atom. The molecule has 0 unspecified atom stereocenters. The Balaban J connectivity index is 0.000000260. The Bertz CT molecular complexity index is 1650. The number of anilines is 4. The molecule has 0 radical (unpaired) electrons. The molecular weight excluding hydrogens is 616 g/mol. The number of Topliss-reactive ketones (excluding diaryl/α,β-unsaturated/α-hetero) is 4. The summed E-state index contributed by atoms with van der Waals surface area (Å²) in [5.74, 6) is -4.63. The van der Waals surface area contributed by atoms with Crippen LogP contribution in [0.25, 0.3) is 0 Å². The van der Waals surface area contributed by atoms with Crippen LogP contribution in [0.1, 0.15) is 69.1 Å². The maximum Gasteiger partial charge on any atom is 0.314 e. The molecule has 0 atom stereocenters. The summed E-state index contributed by atoms with van der Waals surface area (Å²) in [4.78, 5) is 94.4. The number of carbonyl (C=O) groups is 8. The van der Waals surface area contributed by atoms with Crippen LogP contribution in [0, 0.1) is 0 Å².